The maximum Gasteiger partial charge on any atom is 0.407 e. The highest BCUT2D eigenvalue weighted by atomic mass is 32.2. The minimum atomic E-state index is -3.41. The highest BCUT2D eigenvalue weighted by molar-refractivity contribution is 7.88. The number of hydrogen-bond acceptors (Lipinski definition) is 4. The van der Waals surface area contributed by atoms with Crippen LogP contribution in [0.2, 0.25) is 0 Å². The largest absolute Gasteiger partial charge is 0.465 e. The molecule has 1 amide bonds. The first-order valence-electron chi connectivity index (χ1n) is 9.97. The van der Waals surface area contributed by atoms with Crippen molar-refractivity contribution in [1.29, 1.82) is 0 Å². The van der Waals surface area contributed by atoms with Gasteiger partial charge in [-0.2, -0.15) is 0 Å². The van der Waals surface area contributed by atoms with E-state index in [0.29, 0.717) is 25.3 Å². The number of hydrogen-bond donors (Lipinski definition) is 2. The van der Waals surface area contributed by atoms with E-state index in [4.69, 9.17) is 4.74 Å². The van der Waals surface area contributed by atoms with Crippen LogP contribution in [0.25, 0.3) is 0 Å². The maximum atomic E-state index is 11.7. The summed E-state index contributed by atoms with van der Waals surface area (Å²) >= 11 is 0. The van der Waals surface area contributed by atoms with Gasteiger partial charge in [0.25, 0.3) is 0 Å². The SMILES string of the molecule is CS(=O)(=O)NC1CCCN(C(=O)O)C1CO[C@H]1CC[C@@H](c2ccccc2)CC1. The monoisotopic (exact) mass is 410 g/mol. The van der Waals surface area contributed by atoms with E-state index in [0.717, 1.165) is 31.9 Å². The molecule has 1 aromatic rings. The van der Waals surface area contributed by atoms with Crippen LogP contribution in [0, 0.1) is 0 Å². The number of sulfonamides is 1. The minimum Gasteiger partial charge on any atom is -0.465 e. The molecule has 8 heteroatoms. The molecule has 7 nitrogen and oxygen atoms in total. The highest BCUT2D eigenvalue weighted by Gasteiger charge is 2.36. The van der Waals surface area contributed by atoms with Gasteiger partial charge in [-0.1, -0.05) is 30.3 Å². The van der Waals surface area contributed by atoms with Crippen molar-refractivity contribution < 1.29 is 23.1 Å². The molecule has 2 unspecified atom stereocenters. The fraction of sp³-hybridized carbons (Fsp3) is 0.650. The zero-order chi connectivity index (χ0) is 20.1. The van der Waals surface area contributed by atoms with E-state index in [9.17, 15) is 18.3 Å². The number of rotatable bonds is 6. The third-order valence-electron chi connectivity index (χ3n) is 5.84. The lowest BCUT2D eigenvalue weighted by Gasteiger charge is -2.40. The van der Waals surface area contributed by atoms with Crippen LogP contribution < -0.4 is 4.72 Å². The second kappa shape index (κ2) is 9.24. The number of ether oxygens (including phenoxy) is 1. The van der Waals surface area contributed by atoms with Crippen molar-refractivity contribution in [2.24, 2.45) is 0 Å². The Labute approximate surface area is 167 Å². The van der Waals surface area contributed by atoms with Crippen molar-refractivity contribution in [2.45, 2.75) is 62.6 Å². The first-order chi connectivity index (χ1) is 13.3. The number of benzene rings is 1. The molecular weight excluding hydrogens is 380 g/mol. The molecular formula is C20H30N2O5S. The van der Waals surface area contributed by atoms with Gasteiger partial charge in [0.05, 0.1) is 25.0 Å². The molecule has 0 radical (unpaired) electrons. The number of nitrogens with one attached hydrogen (secondary N) is 1. The molecule has 2 atom stereocenters. The fourth-order valence-electron chi connectivity index (χ4n) is 4.44. The minimum absolute atomic E-state index is 0.0939. The first-order valence-corrected chi connectivity index (χ1v) is 11.9. The van der Waals surface area contributed by atoms with Gasteiger partial charge in [-0.25, -0.2) is 17.9 Å². The Kier molecular flexibility index (Phi) is 6.95. The van der Waals surface area contributed by atoms with Gasteiger partial charge in [0.15, 0.2) is 0 Å². The Bertz CT molecular complexity index is 747. The summed E-state index contributed by atoms with van der Waals surface area (Å²) in [4.78, 5) is 12.9. The molecule has 1 saturated heterocycles. The van der Waals surface area contributed by atoms with Crippen molar-refractivity contribution in [3.05, 3.63) is 35.9 Å². The Morgan fingerprint density at radius 3 is 2.46 bits per heavy atom. The number of likely N-dealkylation sites (tertiary alicyclic amines) is 1. The number of nitrogens with zero attached hydrogens (tertiary/aromatic N) is 1. The topological polar surface area (TPSA) is 95.9 Å². The van der Waals surface area contributed by atoms with Crippen molar-refractivity contribution in [3.8, 4) is 0 Å². The lowest BCUT2D eigenvalue weighted by Crippen LogP contribution is -2.58. The molecule has 1 aliphatic carbocycles. The standard InChI is InChI=1S/C20H30N2O5S/c1-28(25,26)21-18-8-5-13-22(20(23)24)19(18)14-27-17-11-9-16(10-12-17)15-6-3-2-4-7-15/h2-4,6-7,16-19,21H,5,8-14H2,1H3,(H,23,24)/t16-,17+,18?,19?. The summed E-state index contributed by atoms with van der Waals surface area (Å²) in [5, 5.41) is 9.52. The van der Waals surface area contributed by atoms with E-state index in [1.54, 1.807) is 0 Å². The second-order valence-corrected chi connectivity index (χ2v) is 9.68. The Balaban J connectivity index is 1.57. The van der Waals surface area contributed by atoms with Gasteiger partial charge in [0.1, 0.15) is 0 Å². The smallest absolute Gasteiger partial charge is 0.407 e. The number of piperidine rings is 1. The number of amides is 1. The van der Waals surface area contributed by atoms with Crippen LogP contribution in [0.15, 0.2) is 30.3 Å². The normalized spacial score (nSPS) is 28.8. The second-order valence-electron chi connectivity index (χ2n) is 7.90. The van der Waals surface area contributed by atoms with E-state index in [-0.39, 0.29) is 12.7 Å². The van der Waals surface area contributed by atoms with Gasteiger partial charge in [-0.15, -0.1) is 0 Å². The van der Waals surface area contributed by atoms with Crippen molar-refractivity contribution in [1.82, 2.24) is 9.62 Å². The van der Waals surface area contributed by atoms with Crippen LogP contribution >= 0.6 is 0 Å². The molecule has 0 spiro atoms. The molecule has 3 rings (SSSR count). The van der Waals surface area contributed by atoms with Crippen molar-refractivity contribution >= 4 is 16.1 Å². The van der Waals surface area contributed by atoms with Gasteiger partial charge >= 0.3 is 6.09 Å². The molecule has 156 valence electrons. The summed E-state index contributed by atoms with van der Waals surface area (Å²) in [6.07, 6.45) is 5.39. The summed E-state index contributed by atoms with van der Waals surface area (Å²) in [5.74, 6) is 0.547. The van der Waals surface area contributed by atoms with Gasteiger partial charge in [-0.3, -0.25) is 0 Å². The third-order valence-corrected chi connectivity index (χ3v) is 6.57. The summed E-state index contributed by atoms with van der Waals surface area (Å²) in [7, 11) is -3.41. The highest BCUT2D eigenvalue weighted by Crippen LogP contribution is 2.34. The third kappa shape index (κ3) is 5.68. The fourth-order valence-corrected chi connectivity index (χ4v) is 5.26. The van der Waals surface area contributed by atoms with Crippen LogP contribution in [0.4, 0.5) is 4.79 Å². The van der Waals surface area contributed by atoms with E-state index in [1.165, 1.54) is 10.5 Å². The molecule has 0 bridgehead atoms. The molecule has 0 aromatic heterocycles. The average molecular weight is 411 g/mol. The zero-order valence-electron chi connectivity index (χ0n) is 16.3. The number of carboxylic acid groups (broad SMARTS) is 1. The van der Waals surface area contributed by atoms with Gasteiger partial charge in [0, 0.05) is 12.6 Å². The molecule has 28 heavy (non-hydrogen) atoms. The molecule has 1 heterocycles. The predicted molar refractivity (Wildman–Crippen MR) is 107 cm³/mol. The van der Waals surface area contributed by atoms with Crippen molar-refractivity contribution in [3.63, 3.8) is 0 Å². The molecule has 1 aliphatic heterocycles. The van der Waals surface area contributed by atoms with Crippen LogP contribution in [-0.4, -0.2) is 62.1 Å². The molecule has 1 saturated carbocycles. The predicted octanol–water partition coefficient (Wildman–Crippen LogP) is 2.79. The van der Waals surface area contributed by atoms with Gasteiger partial charge in [-0.05, 0) is 50.0 Å². The number of carbonyl (C=O) groups is 1. The summed E-state index contributed by atoms with van der Waals surface area (Å²) < 4.78 is 32.0. The van der Waals surface area contributed by atoms with E-state index < -0.39 is 28.2 Å². The average Bonchev–Trinajstić information content (AvgIpc) is 2.66. The van der Waals surface area contributed by atoms with E-state index >= 15 is 0 Å². The van der Waals surface area contributed by atoms with Crippen LogP contribution in [0.1, 0.15) is 50.0 Å². The summed E-state index contributed by atoms with van der Waals surface area (Å²) in [5.41, 5.74) is 1.36. The van der Waals surface area contributed by atoms with E-state index in [2.05, 4.69) is 29.0 Å². The summed E-state index contributed by atoms with van der Waals surface area (Å²) in [6.45, 7) is 0.631. The molecule has 2 fully saturated rings. The van der Waals surface area contributed by atoms with Crippen LogP contribution in [-0.2, 0) is 14.8 Å². The Hall–Kier alpha value is -1.64. The lowest BCUT2D eigenvalue weighted by molar-refractivity contribution is -0.0226. The van der Waals surface area contributed by atoms with E-state index in [1.807, 2.05) is 6.07 Å². The Morgan fingerprint density at radius 2 is 1.86 bits per heavy atom. The van der Waals surface area contributed by atoms with Crippen LogP contribution in [0.5, 0.6) is 0 Å². The zero-order valence-corrected chi connectivity index (χ0v) is 17.1. The molecule has 1 aromatic carbocycles. The maximum absolute atomic E-state index is 11.7. The van der Waals surface area contributed by atoms with Crippen molar-refractivity contribution in [2.75, 3.05) is 19.4 Å². The summed E-state index contributed by atoms with van der Waals surface area (Å²) in [6, 6.07) is 9.55. The quantitative estimate of drug-likeness (QED) is 0.752. The van der Waals surface area contributed by atoms with Gasteiger partial charge < -0.3 is 14.7 Å². The lowest BCUT2D eigenvalue weighted by atomic mass is 9.83. The first kappa shape index (κ1) is 21.1. The Morgan fingerprint density at radius 1 is 1.18 bits per heavy atom. The van der Waals surface area contributed by atoms with Gasteiger partial charge in [0.2, 0.25) is 10.0 Å². The van der Waals surface area contributed by atoms with Crippen LogP contribution in [0.3, 0.4) is 0 Å². The molecule has 2 aliphatic rings. The molecule has 2 N–H and O–H groups in total.